The molecule has 0 N–H and O–H groups in total. The molecule has 0 aromatic heterocycles. The van der Waals surface area contributed by atoms with Crippen LogP contribution in [0.25, 0.3) is 0 Å². The van der Waals surface area contributed by atoms with E-state index in [1.807, 2.05) is 18.2 Å². The normalized spacial score (nSPS) is 24.8. The summed E-state index contributed by atoms with van der Waals surface area (Å²) in [6.07, 6.45) is 7.06. The van der Waals surface area contributed by atoms with Crippen LogP contribution in [-0.2, 0) is 0 Å². The van der Waals surface area contributed by atoms with Crippen LogP contribution >= 0.6 is 15.9 Å². The van der Waals surface area contributed by atoms with Crippen LogP contribution in [-0.4, -0.2) is 16.9 Å². The number of hydrogen-bond donors (Lipinski definition) is 0. The van der Waals surface area contributed by atoms with Crippen molar-refractivity contribution in [3.8, 4) is 5.75 Å². The van der Waals surface area contributed by atoms with Crippen LogP contribution in [0.5, 0.6) is 5.75 Å². The standard InChI is InChI=1S/C22H22BrFN2O/c23-16-8-11-21-18(12-16)20-13-19(14-6-9-17(24)10-7-14)25-26(20)22(27-21)15-4-2-1-3-5-15/h6-12,15,20,22H,1-5,13H2/t20-,22+/m0/s1. The molecule has 0 unspecified atom stereocenters. The lowest BCUT2D eigenvalue weighted by Gasteiger charge is -2.42. The Bertz CT molecular complexity index is 876. The molecule has 1 fully saturated rings. The molecule has 5 rings (SSSR count). The van der Waals surface area contributed by atoms with Gasteiger partial charge in [0.2, 0.25) is 0 Å². The predicted molar refractivity (Wildman–Crippen MR) is 107 cm³/mol. The Morgan fingerprint density at radius 1 is 1.04 bits per heavy atom. The van der Waals surface area contributed by atoms with Crippen molar-refractivity contribution in [2.75, 3.05) is 0 Å². The van der Waals surface area contributed by atoms with Gasteiger partial charge in [-0.1, -0.05) is 47.3 Å². The van der Waals surface area contributed by atoms with E-state index in [4.69, 9.17) is 9.84 Å². The molecule has 0 radical (unpaired) electrons. The third-order valence-electron chi connectivity index (χ3n) is 6.01. The quantitative estimate of drug-likeness (QED) is 0.582. The van der Waals surface area contributed by atoms with Gasteiger partial charge in [-0.2, -0.15) is 5.10 Å². The van der Waals surface area contributed by atoms with Gasteiger partial charge < -0.3 is 4.74 Å². The van der Waals surface area contributed by atoms with Crippen molar-refractivity contribution in [2.24, 2.45) is 11.0 Å². The molecule has 5 heteroatoms. The molecule has 0 bridgehead atoms. The summed E-state index contributed by atoms with van der Waals surface area (Å²) in [5, 5.41) is 7.17. The molecule has 2 aromatic carbocycles. The van der Waals surface area contributed by atoms with Gasteiger partial charge in [-0.15, -0.1) is 0 Å². The first-order valence-electron chi connectivity index (χ1n) is 9.77. The second-order valence-electron chi connectivity index (χ2n) is 7.74. The Morgan fingerprint density at radius 3 is 2.59 bits per heavy atom. The average Bonchev–Trinajstić information content (AvgIpc) is 3.14. The lowest BCUT2D eigenvalue weighted by atomic mass is 9.86. The van der Waals surface area contributed by atoms with E-state index in [9.17, 15) is 4.39 Å². The molecule has 1 aliphatic carbocycles. The van der Waals surface area contributed by atoms with Gasteiger partial charge in [0.05, 0.1) is 11.8 Å². The summed E-state index contributed by atoms with van der Waals surface area (Å²) in [5.74, 6) is 1.27. The third kappa shape index (κ3) is 3.16. The molecular weight excluding hydrogens is 407 g/mol. The minimum absolute atomic E-state index is 0.0121. The Hall–Kier alpha value is -1.88. The average molecular weight is 429 g/mol. The minimum Gasteiger partial charge on any atom is -0.468 e. The van der Waals surface area contributed by atoms with Crippen LogP contribution in [0.3, 0.4) is 0 Å². The first kappa shape index (κ1) is 17.2. The maximum atomic E-state index is 13.3. The lowest BCUT2D eigenvalue weighted by molar-refractivity contribution is -0.0644. The van der Waals surface area contributed by atoms with E-state index in [1.165, 1.54) is 49.8 Å². The number of fused-ring (bicyclic) bond motifs is 3. The molecule has 0 spiro atoms. The Kier molecular flexibility index (Phi) is 4.43. The summed E-state index contributed by atoms with van der Waals surface area (Å²) in [6, 6.07) is 13.1. The van der Waals surface area contributed by atoms with Crippen LogP contribution in [0.1, 0.15) is 55.7 Å². The topological polar surface area (TPSA) is 24.8 Å². The van der Waals surface area contributed by atoms with Crippen molar-refractivity contribution in [1.82, 2.24) is 5.01 Å². The SMILES string of the molecule is Fc1ccc(C2=NN3[C@@H](C4CCCCC4)Oc4ccc(Br)cc4[C@@H]3C2)cc1. The first-order chi connectivity index (χ1) is 13.2. The van der Waals surface area contributed by atoms with Crippen molar-refractivity contribution in [3.05, 3.63) is 63.9 Å². The third-order valence-corrected chi connectivity index (χ3v) is 6.51. The number of nitrogens with zero attached hydrogens (tertiary/aromatic N) is 2. The molecule has 27 heavy (non-hydrogen) atoms. The molecule has 140 valence electrons. The van der Waals surface area contributed by atoms with E-state index in [2.05, 4.69) is 33.1 Å². The largest absolute Gasteiger partial charge is 0.468 e. The maximum absolute atomic E-state index is 13.3. The van der Waals surface area contributed by atoms with Gasteiger partial charge in [0, 0.05) is 22.4 Å². The number of ether oxygens (including phenoxy) is 1. The van der Waals surface area contributed by atoms with Crippen LogP contribution in [0.15, 0.2) is 52.0 Å². The minimum atomic E-state index is -0.215. The van der Waals surface area contributed by atoms with Gasteiger partial charge in [0.15, 0.2) is 6.23 Å². The van der Waals surface area contributed by atoms with E-state index in [1.54, 1.807) is 0 Å². The molecule has 3 aliphatic rings. The molecule has 2 heterocycles. The molecule has 3 nitrogen and oxygen atoms in total. The number of hydrogen-bond acceptors (Lipinski definition) is 3. The fourth-order valence-corrected chi connectivity index (χ4v) is 5.01. The zero-order chi connectivity index (χ0) is 18.4. The Morgan fingerprint density at radius 2 is 1.81 bits per heavy atom. The predicted octanol–water partition coefficient (Wildman–Crippen LogP) is 6.04. The molecule has 0 amide bonds. The van der Waals surface area contributed by atoms with Gasteiger partial charge in [-0.25, -0.2) is 9.40 Å². The van der Waals surface area contributed by atoms with Crippen molar-refractivity contribution >= 4 is 21.6 Å². The highest BCUT2D eigenvalue weighted by Crippen LogP contribution is 2.47. The Labute approximate surface area is 167 Å². The van der Waals surface area contributed by atoms with Crippen LogP contribution in [0, 0.1) is 11.7 Å². The van der Waals surface area contributed by atoms with E-state index in [-0.39, 0.29) is 18.1 Å². The number of rotatable bonds is 2. The first-order valence-corrected chi connectivity index (χ1v) is 10.6. The van der Waals surface area contributed by atoms with Crippen molar-refractivity contribution in [2.45, 2.75) is 50.8 Å². The van der Waals surface area contributed by atoms with Crippen LogP contribution in [0.2, 0.25) is 0 Å². The van der Waals surface area contributed by atoms with Crippen molar-refractivity contribution in [1.29, 1.82) is 0 Å². The summed E-state index contributed by atoms with van der Waals surface area (Å²) < 4.78 is 20.9. The van der Waals surface area contributed by atoms with Gasteiger partial charge >= 0.3 is 0 Å². The summed E-state index contributed by atoms with van der Waals surface area (Å²) in [4.78, 5) is 0. The fourth-order valence-electron chi connectivity index (χ4n) is 4.63. The van der Waals surface area contributed by atoms with Gasteiger partial charge in [-0.3, -0.25) is 0 Å². The lowest BCUT2D eigenvalue weighted by Crippen LogP contribution is -2.45. The Balaban J connectivity index is 1.53. The van der Waals surface area contributed by atoms with E-state index >= 15 is 0 Å². The highest BCUT2D eigenvalue weighted by Gasteiger charge is 2.43. The summed E-state index contributed by atoms with van der Waals surface area (Å²) >= 11 is 3.59. The zero-order valence-corrected chi connectivity index (χ0v) is 16.7. The van der Waals surface area contributed by atoms with Crippen molar-refractivity contribution < 1.29 is 9.13 Å². The van der Waals surface area contributed by atoms with E-state index < -0.39 is 0 Å². The summed E-state index contributed by atoms with van der Waals surface area (Å²) in [7, 11) is 0. The maximum Gasteiger partial charge on any atom is 0.190 e. The fraction of sp³-hybridized carbons (Fsp3) is 0.409. The number of benzene rings is 2. The van der Waals surface area contributed by atoms with Crippen molar-refractivity contribution in [3.63, 3.8) is 0 Å². The second-order valence-corrected chi connectivity index (χ2v) is 8.66. The molecule has 2 aliphatic heterocycles. The summed E-state index contributed by atoms with van der Waals surface area (Å²) in [5.41, 5.74) is 3.18. The molecule has 2 aromatic rings. The van der Waals surface area contributed by atoms with Gasteiger partial charge in [0.25, 0.3) is 0 Å². The van der Waals surface area contributed by atoms with E-state index in [0.29, 0.717) is 5.92 Å². The highest BCUT2D eigenvalue weighted by atomic mass is 79.9. The van der Waals surface area contributed by atoms with E-state index in [0.717, 1.165) is 27.9 Å². The van der Waals surface area contributed by atoms with Gasteiger partial charge in [0.1, 0.15) is 11.6 Å². The second kappa shape index (κ2) is 6.93. The smallest absolute Gasteiger partial charge is 0.190 e. The number of halogens is 2. The van der Waals surface area contributed by atoms with Gasteiger partial charge in [-0.05, 0) is 48.7 Å². The van der Waals surface area contributed by atoms with Crippen LogP contribution in [0.4, 0.5) is 4.39 Å². The molecule has 0 saturated heterocycles. The summed E-state index contributed by atoms with van der Waals surface area (Å²) in [6.45, 7) is 0. The molecular formula is C22H22BrFN2O. The highest BCUT2D eigenvalue weighted by molar-refractivity contribution is 9.10. The molecule has 2 atom stereocenters. The van der Waals surface area contributed by atoms with Crippen LogP contribution < -0.4 is 4.74 Å². The monoisotopic (exact) mass is 428 g/mol. The molecule has 1 saturated carbocycles. The zero-order valence-electron chi connectivity index (χ0n) is 15.1. The number of hydrazone groups is 1.